The van der Waals surface area contributed by atoms with E-state index >= 15 is 0 Å². The van der Waals surface area contributed by atoms with Crippen molar-refractivity contribution in [1.29, 1.82) is 0 Å². The predicted molar refractivity (Wildman–Crippen MR) is 123 cm³/mol. The van der Waals surface area contributed by atoms with E-state index in [1.165, 1.54) is 0 Å². The molecule has 0 amide bonds. The van der Waals surface area contributed by atoms with Gasteiger partial charge in [-0.2, -0.15) is 87.8 Å². The van der Waals surface area contributed by atoms with Gasteiger partial charge in [-0.3, -0.25) is 0 Å². The van der Waals surface area contributed by atoms with Crippen LogP contribution >= 0.6 is 0 Å². The molecule has 27 heteroatoms. The molecule has 50 heavy (non-hydrogen) atoms. The van der Waals surface area contributed by atoms with Crippen molar-refractivity contribution in [1.82, 2.24) is 0 Å². The van der Waals surface area contributed by atoms with Crippen LogP contribution in [0.1, 0.15) is 12.8 Å². The molecule has 0 bridgehead atoms. The first-order valence-electron chi connectivity index (χ1n) is 11.7. The molecule has 0 radical (unpaired) electrons. The van der Waals surface area contributed by atoms with Gasteiger partial charge in [-0.05, 0) is 6.42 Å². The minimum Gasteiger partial charge on any atom is -0.502 e. The highest BCUT2D eigenvalue weighted by Crippen LogP contribution is 2.50. The molecule has 0 saturated heterocycles. The molecule has 0 saturated carbocycles. The van der Waals surface area contributed by atoms with Crippen LogP contribution in [0, 0.1) is 0 Å². The Bertz CT molecular complexity index is 967. The van der Waals surface area contributed by atoms with Gasteiger partial charge >= 0.3 is 60.7 Å². The van der Waals surface area contributed by atoms with E-state index in [2.05, 4.69) is 45.3 Å². The fraction of sp³-hybridized carbons (Fsp3) is 0.652. The van der Waals surface area contributed by atoms with Gasteiger partial charge in [0.25, 0.3) is 0 Å². The average molecular weight is 800 g/mol. The molecule has 0 aromatic carbocycles. The van der Waals surface area contributed by atoms with Crippen molar-refractivity contribution in [2.75, 3.05) is 19.8 Å². The molecule has 0 spiro atoms. The standard InChI is InChI=1S/C9H10F8O.C6H5F7O.C4H3F5O.C4H5F3O/c1-2-18-5-3-4-7(12,13)9(16,17)8(14,15)6(10)11;1-2-14-3-4(7,5(8,9)10)6(11,12)13;1-2-10-4(8,9)3(5,6)7;1-2-8-3-4(5,6)7/h2,6H,1,3-5H2;2H,1,3H2;2H,1H2;2H,1,3H2. The molecular formula is C23H23F23O4. The van der Waals surface area contributed by atoms with Crippen LogP contribution < -0.4 is 0 Å². The average Bonchev–Trinajstić information content (AvgIpc) is 2.91. The second-order valence-corrected chi connectivity index (χ2v) is 8.01. The van der Waals surface area contributed by atoms with E-state index in [-0.39, 0.29) is 6.26 Å². The lowest BCUT2D eigenvalue weighted by Crippen LogP contribution is -2.57. The third kappa shape index (κ3) is 18.0. The van der Waals surface area contributed by atoms with E-state index in [0.29, 0.717) is 6.26 Å². The van der Waals surface area contributed by atoms with E-state index < -0.39 is 93.3 Å². The highest BCUT2D eigenvalue weighted by atomic mass is 19.4. The first-order chi connectivity index (χ1) is 21.9. The Morgan fingerprint density at radius 3 is 1.12 bits per heavy atom. The van der Waals surface area contributed by atoms with Crippen LogP contribution in [-0.2, 0) is 18.9 Å². The second-order valence-electron chi connectivity index (χ2n) is 8.01. The molecule has 300 valence electrons. The lowest BCUT2D eigenvalue weighted by molar-refractivity contribution is -0.375. The molecule has 0 aliphatic carbocycles. The van der Waals surface area contributed by atoms with Crippen molar-refractivity contribution >= 4 is 0 Å². The molecule has 0 atom stereocenters. The summed E-state index contributed by atoms with van der Waals surface area (Å²) in [6.45, 7) is 7.32. The van der Waals surface area contributed by atoms with E-state index in [0.717, 1.165) is 12.5 Å². The number of rotatable bonds is 15. The summed E-state index contributed by atoms with van der Waals surface area (Å²) in [5.41, 5.74) is -5.37. The Balaban J connectivity index is -0.000000295. The van der Waals surface area contributed by atoms with Crippen molar-refractivity contribution in [3.05, 3.63) is 51.4 Å². The smallest absolute Gasteiger partial charge is 0.498 e. The van der Waals surface area contributed by atoms with Crippen LogP contribution in [0.25, 0.3) is 0 Å². The van der Waals surface area contributed by atoms with Crippen molar-refractivity contribution in [3.8, 4) is 0 Å². The zero-order valence-electron chi connectivity index (χ0n) is 24.1. The van der Waals surface area contributed by atoms with E-state index in [1.54, 1.807) is 0 Å². The number of alkyl halides is 23. The molecule has 0 fully saturated rings. The van der Waals surface area contributed by atoms with Gasteiger partial charge in [0.1, 0.15) is 6.61 Å². The van der Waals surface area contributed by atoms with Gasteiger partial charge in [-0.15, -0.1) is 0 Å². The lowest BCUT2D eigenvalue weighted by atomic mass is 10.0. The quantitative estimate of drug-likeness (QED) is 0.0939. The molecule has 0 aromatic rings. The van der Waals surface area contributed by atoms with Crippen molar-refractivity contribution in [2.45, 2.75) is 73.5 Å². The van der Waals surface area contributed by atoms with Gasteiger partial charge in [-0.25, -0.2) is 13.2 Å². The Labute approximate surface area is 265 Å². The number of halogens is 23. The SMILES string of the molecule is C=COC(F)(F)C(F)(F)F.C=COCC(F)(C(F)(F)F)C(F)(F)F.C=COCC(F)(F)F.C=COCCCC(F)(F)C(F)(F)C(F)(F)C(F)F. The number of hydrogen-bond donors (Lipinski definition) is 0. The molecular weight excluding hydrogens is 777 g/mol. The van der Waals surface area contributed by atoms with Crippen molar-refractivity contribution < 1.29 is 120 Å². The number of hydrogen-bond acceptors (Lipinski definition) is 4. The molecule has 0 aliphatic rings. The van der Waals surface area contributed by atoms with Gasteiger partial charge in [0.05, 0.1) is 31.7 Å². The van der Waals surface area contributed by atoms with Crippen molar-refractivity contribution in [2.24, 2.45) is 0 Å². The van der Waals surface area contributed by atoms with Gasteiger partial charge in [-0.1, -0.05) is 26.3 Å². The molecule has 4 nitrogen and oxygen atoms in total. The molecule has 0 aliphatic heterocycles. The Morgan fingerprint density at radius 2 is 0.880 bits per heavy atom. The van der Waals surface area contributed by atoms with Gasteiger partial charge in [0, 0.05) is 6.42 Å². The molecule has 0 unspecified atom stereocenters. The van der Waals surface area contributed by atoms with Gasteiger partial charge in [0.15, 0.2) is 6.61 Å². The predicted octanol–water partition coefficient (Wildman–Crippen LogP) is 11.1. The summed E-state index contributed by atoms with van der Waals surface area (Å²) in [5, 5.41) is 0. The second kappa shape index (κ2) is 20.4. The molecule has 0 heterocycles. The minimum absolute atomic E-state index is 0.0352. The summed E-state index contributed by atoms with van der Waals surface area (Å²) < 4.78 is 286. The summed E-state index contributed by atoms with van der Waals surface area (Å²) >= 11 is 0. The van der Waals surface area contributed by atoms with E-state index in [4.69, 9.17) is 0 Å². The fourth-order valence-corrected chi connectivity index (χ4v) is 1.82. The minimum atomic E-state index is -6.14. The highest BCUT2D eigenvalue weighted by Gasteiger charge is 2.75. The highest BCUT2D eigenvalue weighted by molar-refractivity contribution is 4.98. The van der Waals surface area contributed by atoms with Crippen molar-refractivity contribution in [3.63, 3.8) is 0 Å². The summed E-state index contributed by atoms with van der Waals surface area (Å²) in [7, 11) is 0. The van der Waals surface area contributed by atoms with E-state index in [1.807, 2.05) is 0 Å². The summed E-state index contributed by atoms with van der Waals surface area (Å²) in [6.07, 6.45) is -32.6. The largest absolute Gasteiger partial charge is 0.502 e. The van der Waals surface area contributed by atoms with Crippen LogP contribution in [0.3, 0.4) is 0 Å². The van der Waals surface area contributed by atoms with Crippen LogP contribution in [0.5, 0.6) is 0 Å². The third-order valence-corrected chi connectivity index (χ3v) is 4.25. The third-order valence-electron chi connectivity index (χ3n) is 4.25. The monoisotopic (exact) mass is 800 g/mol. The summed E-state index contributed by atoms with van der Waals surface area (Å²) in [6, 6.07) is 0. The van der Waals surface area contributed by atoms with Crippen LogP contribution in [0.15, 0.2) is 51.4 Å². The molecule has 0 rings (SSSR count). The van der Waals surface area contributed by atoms with Gasteiger partial charge in [0.2, 0.25) is 0 Å². The Kier molecular flexibility index (Phi) is 21.8. The fourth-order valence-electron chi connectivity index (χ4n) is 1.82. The zero-order chi connectivity index (χ0) is 41.3. The Hall–Kier alpha value is -3.45. The maximum absolute atomic E-state index is 12.8. The maximum Gasteiger partial charge on any atom is 0.498 e. The van der Waals surface area contributed by atoms with E-state index in [9.17, 15) is 101 Å². The van der Waals surface area contributed by atoms with Crippen LogP contribution in [0.4, 0.5) is 101 Å². The normalized spacial score (nSPS) is 13.2. The van der Waals surface area contributed by atoms with Gasteiger partial charge < -0.3 is 18.9 Å². The first kappa shape index (κ1) is 53.3. The summed E-state index contributed by atoms with van der Waals surface area (Å²) in [5.74, 6) is -17.5. The van der Waals surface area contributed by atoms with Crippen LogP contribution in [-0.4, -0.2) is 80.5 Å². The maximum atomic E-state index is 12.8. The summed E-state index contributed by atoms with van der Waals surface area (Å²) in [4.78, 5) is 0. The Morgan fingerprint density at radius 1 is 0.500 bits per heavy atom. The molecule has 0 N–H and O–H groups in total. The topological polar surface area (TPSA) is 36.9 Å². The zero-order valence-corrected chi connectivity index (χ0v) is 24.1. The molecule has 0 aromatic heterocycles. The van der Waals surface area contributed by atoms with Crippen LogP contribution in [0.2, 0.25) is 0 Å². The lowest BCUT2D eigenvalue weighted by Gasteiger charge is -2.32. The first-order valence-corrected chi connectivity index (χ1v) is 11.7. The number of ether oxygens (including phenoxy) is 4.